The van der Waals surface area contributed by atoms with Gasteiger partial charge in [-0.25, -0.2) is 0 Å². The molecule has 0 radical (unpaired) electrons. The Morgan fingerprint density at radius 3 is 1.12 bits per heavy atom. The lowest BCUT2D eigenvalue weighted by molar-refractivity contribution is -0.134. The summed E-state index contributed by atoms with van der Waals surface area (Å²) in [6, 6.07) is -6.72. The van der Waals surface area contributed by atoms with E-state index in [9.17, 15) is 101 Å². The fourth-order valence-electron chi connectivity index (χ4n) is 10.8. The maximum atomic E-state index is 13.0. The zero-order chi connectivity index (χ0) is 90.7. The van der Waals surface area contributed by atoms with Crippen molar-refractivity contribution in [3.8, 4) is 0 Å². The van der Waals surface area contributed by atoms with Crippen LogP contribution in [0.5, 0.6) is 0 Å². The quantitative estimate of drug-likeness (QED) is 0.0954. The summed E-state index contributed by atoms with van der Waals surface area (Å²) in [6.45, 7) is 18.1. The summed E-state index contributed by atoms with van der Waals surface area (Å²) in [5, 5.41) is 42.5. The van der Waals surface area contributed by atoms with Crippen LogP contribution in [-0.2, 0) is 120 Å². The minimum Gasteiger partial charge on any atom is -0.377 e. The van der Waals surface area contributed by atoms with Gasteiger partial charge in [-0.1, -0.05) is 83.1 Å². The van der Waals surface area contributed by atoms with Crippen LogP contribution in [0.15, 0.2) is 0 Å². The van der Waals surface area contributed by atoms with E-state index in [4.69, 9.17) is 18.9 Å². The minimum absolute atomic E-state index is 0.0258. The van der Waals surface area contributed by atoms with E-state index in [0.29, 0.717) is 0 Å². The van der Waals surface area contributed by atoms with E-state index in [1.165, 1.54) is 0 Å². The second-order valence-electron chi connectivity index (χ2n) is 30.0. The number of hydrogen-bond donors (Lipinski definition) is 20. The number of Topliss-reactive ketones (excluding diaryl/α,β-unsaturated/α-hetero) is 4. The molecule has 17 N–H and O–H groups in total. The van der Waals surface area contributed by atoms with Gasteiger partial charge < -0.3 is 109 Å². The summed E-state index contributed by atoms with van der Waals surface area (Å²) in [7, 11) is 0. The van der Waals surface area contributed by atoms with Gasteiger partial charge in [0, 0.05) is 74.8 Å². The number of nitrogens with one attached hydrogen (secondary N) is 17. The third-order valence-electron chi connectivity index (χ3n) is 17.8. The Hall–Kier alpha value is -9.44. The van der Waals surface area contributed by atoms with E-state index in [1.54, 1.807) is 83.1 Å². The zero-order valence-electron chi connectivity index (χ0n) is 70.3. The molecule has 678 valence electrons. The smallest absolute Gasteiger partial charge is 0.246 e. The van der Waals surface area contributed by atoms with E-state index >= 15 is 0 Å². The lowest BCUT2D eigenvalue weighted by Crippen LogP contribution is -2.58. The van der Waals surface area contributed by atoms with Crippen molar-refractivity contribution in [2.24, 2.45) is 47.3 Å². The molecule has 0 aromatic heterocycles. The average Bonchev–Trinajstić information content (AvgIpc) is 0.883. The van der Waals surface area contributed by atoms with Gasteiger partial charge in [0.15, 0.2) is 23.1 Å². The van der Waals surface area contributed by atoms with Crippen LogP contribution in [-0.4, -0.2) is 301 Å². The summed E-state index contributed by atoms with van der Waals surface area (Å²) in [4.78, 5) is 261. The van der Waals surface area contributed by atoms with Gasteiger partial charge in [0.2, 0.25) is 100 Å². The summed E-state index contributed by atoms with van der Waals surface area (Å²) in [5.41, 5.74) is 0. The molecule has 3 fully saturated rings. The number of thiol groups is 3. The van der Waals surface area contributed by atoms with E-state index in [2.05, 4.69) is 128 Å². The molecule has 42 nitrogen and oxygen atoms in total. The van der Waals surface area contributed by atoms with Crippen molar-refractivity contribution in [1.29, 1.82) is 0 Å². The SMILES string of the molecule is CC(C)[C@@H]1CC(=O)[C@H](C(C)C)NC(=O)CNC(=O)CNC(=O)CNC(=O)[C@H](CS)NC(=O)CNC1=O.CC(C)[C@@H]1NC(=O)CCC(=O)CNC(=O)CCC(=O)[C@H](CS)NC(=O)COCCOCCNC(=O)[C@H](C(C)C)NC1=O.CC(C)[C@@H]1NC(=O)CNC(=O)CNC(=O)COCCOCCNC(=O)[C@H](CS)CC(=O)CNC(=O)[C@H](C(C)C)NC1=O. The summed E-state index contributed by atoms with van der Waals surface area (Å²) in [6.07, 6.45) is -1.06. The molecule has 3 heterocycles. The van der Waals surface area contributed by atoms with Gasteiger partial charge in [-0.15, -0.1) is 0 Å². The molecule has 3 saturated heterocycles. The summed E-state index contributed by atoms with van der Waals surface area (Å²) >= 11 is 12.3. The molecule has 3 rings (SSSR count). The normalized spacial score (nSPS) is 24.6. The first-order valence-corrected chi connectivity index (χ1v) is 41.5. The minimum atomic E-state index is -1.07. The number of carbonyl (C=O) groups excluding carboxylic acids is 21. The standard InChI is InChI=1S/C27H45N5O9S.C26H44N6O9S.C22H36N6O7S/c1-16(2)24-26(38)28-9-10-40-11-12-41-14-23(37)30-19(15-42)20(34)6-8-21(35)29-13-18(33)5-7-22(36)31-25(17(3)4)27(39)32-24;1-15(2)22-25(38)30-10-18(33)9-17(14-42)24(37)27-5-6-40-7-8-41-13-21(36)29-11-19(34)28-12-20(35)31-23(16(3)4)26(39)32-22;1-11(2)13-5-15(29)20(12(3)4)28-19(33)8-24-16(30)6-23-17(31)7-26-22(35)14(10-36)27-18(32)9-25-21(13)34/h16-17,19,24-25,42H,5-15H2,1-4H3,(H,28,38)(H,29,35)(H,30,37)(H,31,36)(H,32,39);15-17,22-23,42H,5-14H2,1-4H3,(H,27,37)(H,28,34)(H,29,36)(H,30,38)(H,31,35)(H,32,39);11-14,20,36H,5-10H2,1-4H3,(H,23,31)(H,24,30)(H,25,34)(H,26,35)(H,27,32)(H,28,33)/t19-,24-,25-;17-,22-,23-;13-,14-,20-/m000/s1. The Balaban J connectivity index is 0.000000903. The monoisotopic (exact) mass is 1760 g/mol. The van der Waals surface area contributed by atoms with Gasteiger partial charge in [0.25, 0.3) is 0 Å². The fraction of sp³-hybridized carbons (Fsp3) is 0.720. The molecular formula is C75H125N17O25S3. The third-order valence-corrected chi connectivity index (χ3v) is 19.0. The van der Waals surface area contributed by atoms with Crippen LogP contribution in [0.2, 0.25) is 0 Å². The number of ketones is 4. The molecule has 0 aromatic carbocycles. The second-order valence-corrected chi connectivity index (χ2v) is 31.1. The Labute approximate surface area is 714 Å². The number of rotatable bonds is 9. The van der Waals surface area contributed by atoms with Gasteiger partial charge >= 0.3 is 0 Å². The first-order valence-electron chi connectivity index (χ1n) is 39.6. The van der Waals surface area contributed by atoms with Crippen molar-refractivity contribution in [2.45, 2.75) is 164 Å². The van der Waals surface area contributed by atoms with E-state index in [1.807, 2.05) is 0 Å². The molecule has 0 spiro atoms. The molecule has 120 heavy (non-hydrogen) atoms. The first kappa shape index (κ1) is 109. The van der Waals surface area contributed by atoms with Crippen molar-refractivity contribution in [3.63, 3.8) is 0 Å². The van der Waals surface area contributed by atoms with E-state index in [0.717, 1.165) is 0 Å². The number of amides is 17. The molecule has 3 aliphatic rings. The Bertz CT molecular complexity index is 3480. The van der Waals surface area contributed by atoms with Crippen molar-refractivity contribution < 1.29 is 120 Å². The van der Waals surface area contributed by atoms with Gasteiger partial charge in [-0.2, -0.15) is 37.9 Å². The molecular weight excluding hydrogens is 1640 g/mol. The second kappa shape index (κ2) is 60.1. The van der Waals surface area contributed by atoms with Gasteiger partial charge in [0.05, 0.1) is 110 Å². The number of hydrogen-bond acceptors (Lipinski definition) is 28. The van der Waals surface area contributed by atoms with Gasteiger partial charge in [-0.3, -0.25) is 101 Å². The Kier molecular flexibility index (Phi) is 54.4. The van der Waals surface area contributed by atoms with Crippen LogP contribution in [0.3, 0.4) is 0 Å². The van der Waals surface area contributed by atoms with Crippen LogP contribution in [0.1, 0.15) is 122 Å². The first-order chi connectivity index (χ1) is 56.5. The topological polar surface area (TPSA) is 600 Å². The maximum Gasteiger partial charge on any atom is 0.246 e. The summed E-state index contributed by atoms with van der Waals surface area (Å²) < 4.78 is 21.2. The summed E-state index contributed by atoms with van der Waals surface area (Å²) in [5.74, 6) is -14.6. The molecule has 0 aromatic rings. The molecule has 3 aliphatic heterocycles. The largest absolute Gasteiger partial charge is 0.377 e. The number of carbonyl (C=O) groups is 21. The molecule has 0 aliphatic carbocycles. The van der Waals surface area contributed by atoms with Gasteiger partial charge in [-0.05, 0) is 35.5 Å². The van der Waals surface area contributed by atoms with E-state index < -0.39 is 205 Å². The lowest BCUT2D eigenvalue weighted by Gasteiger charge is -2.27. The van der Waals surface area contributed by atoms with Crippen LogP contribution < -0.4 is 90.4 Å². The molecule has 0 bridgehead atoms. The van der Waals surface area contributed by atoms with Crippen molar-refractivity contribution in [3.05, 3.63) is 0 Å². The van der Waals surface area contributed by atoms with Crippen molar-refractivity contribution in [2.75, 3.05) is 136 Å². The molecule has 9 atom stereocenters. The van der Waals surface area contributed by atoms with Crippen molar-refractivity contribution >= 4 is 161 Å². The highest BCUT2D eigenvalue weighted by atomic mass is 32.1. The predicted octanol–water partition coefficient (Wildman–Crippen LogP) is -6.80. The lowest BCUT2D eigenvalue weighted by atomic mass is 9.86. The third kappa shape index (κ3) is 46.4. The maximum absolute atomic E-state index is 13.0. The highest BCUT2D eigenvalue weighted by Crippen LogP contribution is 2.20. The van der Waals surface area contributed by atoms with Crippen LogP contribution in [0, 0.1) is 47.3 Å². The van der Waals surface area contributed by atoms with Crippen LogP contribution in [0.25, 0.3) is 0 Å². The number of ether oxygens (including phenoxy) is 4. The molecule has 0 unspecified atom stereocenters. The van der Waals surface area contributed by atoms with Gasteiger partial charge in [0.1, 0.15) is 43.4 Å². The van der Waals surface area contributed by atoms with E-state index in [-0.39, 0.29) is 183 Å². The fourth-order valence-corrected chi connectivity index (χ4v) is 11.6. The van der Waals surface area contributed by atoms with Crippen molar-refractivity contribution in [1.82, 2.24) is 90.4 Å². The molecule has 17 amide bonds. The zero-order valence-corrected chi connectivity index (χ0v) is 73.0. The molecule has 45 heteroatoms. The Morgan fingerprint density at radius 1 is 0.267 bits per heavy atom. The highest BCUT2D eigenvalue weighted by Gasteiger charge is 2.36. The molecule has 0 saturated carbocycles. The highest BCUT2D eigenvalue weighted by molar-refractivity contribution is 7.80. The Morgan fingerprint density at radius 2 is 0.633 bits per heavy atom. The van der Waals surface area contributed by atoms with Crippen LogP contribution in [0.4, 0.5) is 0 Å². The van der Waals surface area contributed by atoms with Crippen LogP contribution >= 0.6 is 37.9 Å². The average molecular weight is 1760 g/mol. The predicted molar refractivity (Wildman–Crippen MR) is 442 cm³/mol.